The summed E-state index contributed by atoms with van der Waals surface area (Å²) >= 11 is 3.28. The molecule has 0 spiro atoms. The van der Waals surface area contributed by atoms with E-state index in [2.05, 4.69) is 27.8 Å². The molecular formula is C9H12BrNO. The van der Waals surface area contributed by atoms with Crippen molar-refractivity contribution in [2.24, 2.45) is 0 Å². The van der Waals surface area contributed by atoms with Gasteiger partial charge in [0.05, 0.1) is 6.61 Å². The van der Waals surface area contributed by atoms with Gasteiger partial charge in [0, 0.05) is 6.07 Å². The van der Waals surface area contributed by atoms with Crippen LogP contribution in [0.25, 0.3) is 0 Å². The first-order valence-electron chi connectivity index (χ1n) is 4.08. The lowest BCUT2D eigenvalue weighted by Gasteiger charge is -2.03. The summed E-state index contributed by atoms with van der Waals surface area (Å²) in [5.41, 5.74) is 0. The molecule has 0 aliphatic rings. The molecule has 0 aliphatic heterocycles. The number of hydrogen-bond acceptors (Lipinski definition) is 2. The summed E-state index contributed by atoms with van der Waals surface area (Å²) in [6.45, 7) is 2.89. The Balaban J connectivity index is 2.41. The quantitative estimate of drug-likeness (QED) is 0.585. The molecule has 0 aliphatic carbocycles. The maximum absolute atomic E-state index is 5.39. The second-order valence-corrected chi connectivity index (χ2v) is 3.31. The third kappa shape index (κ3) is 3.22. The number of hydrogen-bond donors (Lipinski definition) is 0. The fourth-order valence-corrected chi connectivity index (χ4v) is 1.12. The van der Waals surface area contributed by atoms with E-state index in [-0.39, 0.29) is 0 Å². The zero-order chi connectivity index (χ0) is 8.81. The van der Waals surface area contributed by atoms with E-state index in [4.69, 9.17) is 4.74 Å². The lowest BCUT2D eigenvalue weighted by Crippen LogP contribution is -1.97. The molecule has 0 aromatic carbocycles. The fraction of sp³-hybridized carbons (Fsp3) is 0.444. The van der Waals surface area contributed by atoms with Gasteiger partial charge in [0.25, 0.3) is 0 Å². The molecule has 1 aromatic heterocycles. The van der Waals surface area contributed by atoms with Gasteiger partial charge < -0.3 is 4.74 Å². The monoisotopic (exact) mass is 229 g/mol. The van der Waals surface area contributed by atoms with E-state index in [9.17, 15) is 0 Å². The van der Waals surface area contributed by atoms with E-state index >= 15 is 0 Å². The molecule has 0 amide bonds. The first-order valence-corrected chi connectivity index (χ1v) is 4.87. The number of halogens is 1. The molecule has 1 aromatic rings. The lowest BCUT2D eigenvalue weighted by atomic mass is 10.4. The van der Waals surface area contributed by atoms with Crippen LogP contribution in [0.1, 0.15) is 19.8 Å². The SMILES string of the molecule is CCCCOc1cccc(Br)n1. The molecule has 0 unspecified atom stereocenters. The van der Waals surface area contributed by atoms with Gasteiger partial charge in [0.15, 0.2) is 0 Å². The Morgan fingerprint density at radius 3 is 3.00 bits per heavy atom. The standard InChI is InChI=1S/C9H12BrNO/c1-2-3-7-12-9-6-4-5-8(10)11-9/h4-6H,2-3,7H2,1H3. The lowest BCUT2D eigenvalue weighted by molar-refractivity contribution is 0.297. The van der Waals surface area contributed by atoms with Crippen molar-refractivity contribution in [2.45, 2.75) is 19.8 Å². The van der Waals surface area contributed by atoms with E-state index in [1.54, 1.807) is 0 Å². The van der Waals surface area contributed by atoms with Crippen molar-refractivity contribution in [3.63, 3.8) is 0 Å². The number of ether oxygens (including phenoxy) is 1. The summed E-state index contributed by atoms with van der Waals surface area (Å²) in [4.78, 5) is 4.14. The van der Waals surface area contributed by atoms with Crippen molar-refractivity contribution in [3.8, 4) is 5.88 Å². The molecule has 0 saturated heterocycles. The molecule has 1 rings (SSSR count). The number of nitrogens with zero attached hydrogens (tertiary/aromatic N) is 1. The van der Waals surface area contributed by atoms with Gasteiger partial charge in [-0.25, -0.2) is 4.98 Å². The highest BCUT2D eigenvalue weighted by atomic mass is 79.9. The van der Waals surface area contributed by atoms with Crippen LogP contribution in [0.3, 0.4) is 0 Å². The van der Waals surface area contributed by atoms with E-state index in [0.717, 1.165) is 24.1 Å². The largest absolute Gasteiger partial charge is 0.478 e. The predicted molar refractivity (Wildman–Crippen MR) is 52.3 cm³/mol. The van der Waals surface area contributed by atoms with Gasteiger partial charge in [-0.2, -0.15) is 0 Å². The summed E-state index contributed by atoms with van der Waals surface area (Å²) in [6.07, 6.45) is 2.22. The third-order valence-electron chi connectivity index (χ3n) is 1.44. The Labute approximate surface area is 81.1 Å². The van der Waals surface area contributed by atoms with E-state index in [0.29, 0.717) is 5.88 Å². The minimum absolute atomic E-state index is 0.692. The molecule has 66 valence electrons. The van der Waals surface area contributed by atoms with Gasteiger partial charge in [-0.3, -0.25) is 0 Å². The van der Waals surface area contributed by atoms with Crippen LogP contribution in [0.15, 0.2) is 22.8 Å². The smallest absolute Gasteiger partial charge is 0.214 e. The van der Waals surface area contributed by atoms with Crippen LogP contribution in [0.2, 0.25) is 0 Å². The summed E-state index contributed by atoms with van der Waals surface area (Å²) < 4.78 is 6.20. The Bertz CT molecular complexity index is 240. The van der Waals surface area contributed by atoms with E-state index in [1.807, 2.05) is 18.2 Å². The van der Waals surface area contributed by atoms with Gasteiger partial charge in [0.2, 0.25) is 5.88 Å². The van der Waals surface area contributed by atoms with Crippen molar-refractivity contribution < 1.29 is 4.74 Å². The molecule has 0 atom stereocenters. The number of pyridine rings is 1. The Morgan fingerprint density at radius 2 is 2.33 bits per heavy atom. The highest BCUT2D eigenvalue weighted by Crippen LogP contribution is 2.12. The summed E-state index contributed by atoms with van der Waals surface area (Å²) in [5.74, 6) is 0.692. The molecule has 0 saturated carbocycles. The maximum Gasteiger partial charge on any atom is 0.214 e. The van der Waals surface area contributed by atoms with E-state index in [1.165, 1.54) is 0 Å². The zero-order valence-electron chi connectivity index (χ0n) is 7.09. The predicted octanol–water partition coefficient (Wildman–Crippen LogP) is 3.02. The Hall–Kier alpha value is -0.570. The zero-order valence-corrected chi connectivity index (χ0v) is 8.67. The normalized spacial score (nSPS) is 9.83. The highest BCUT2D eigenvalue weighted by molar-refractivity contribution is 9.10. The van der Waals surface area contributed by atoms with Crippen LogP contribution in [0.4, 0.5) is 0 Å². The summed E-state index contributed by atoms with van der Waals surface area (Å²) in [6, 6.07) is 5.66. The molecule has 0 bridgehead atoms. The first-order chi connectivity index (χ1) is 5.83. The van der Waals surface area contributed by atoms with Crippen molar-refractivity contribution in [1.29, 1.82) is 0 Å². The molecule has 3 heteroatoms. The topological polar surface area (TPSA) is 22.1 Å². The number of aromatic nitrogens is 1. The van der Waals surface area contributed by atoms with Gasteiger partial charge >= 0.3 is 0 Å². The average Bonchev–Trinajstić information content (AvgIpc) is 2.05. The van der Waals surface area contributed by atoms with Gasteiger partial charge in [0.1, 0.15) is 4.60 Å². The van der Waals surface area contributed by atoms with Gasteiger partial charge in [-0.05, 0) is 28.4 Å². The minimum atomic E-state index is 0.692. The summed E-state index contributed by atoms with van der Waals surface area (Å²) in [5, 5.41) is 0. The molecule has 1 heterocycles. The van der Waals surface area contributed by atoms with Crippen LogP contribution >= 0.6 is 15.9 Å². The van der Waals surface area contributed by atoms with Crippen molar-refractivity contribution in [1.82, 2.24) is 4.98 Å². The molecule has 0 radical (unpaired) electrons. The minimum Gasteiger partial charge on any atom is -0.478 e. The van der Waals surface area contributed by atoms with Crippen LogP contribution in [-0.2, 0) is 0 Å². The van der Waals surface area contributed by atoms with Crippen molar-refractivity contribution >= 4 is 15.9 Å². The molecule has 12 heavy (non-hydrogen) atoms. The fourth-order valence-electron chi connectivity index (χ4n) is 0.791. The molecule has 0 N–H and O–H groups in total. The van der Waals surface area contributed by atoms with Crippen LogP contribution < -0.4 is 4.74 Å². The van der Waals surface area contributed by atoms with E-state index < -0.39 is 0 Å². The molecule has 2 nitrogen and oxygen atoms in total. The second kappa shape index (κ2) is 5.14. The second-order valence-electron chi connectivity index (χ2n) is 2.50. The number of unbranched alkanes of at least 4 members (excludes halogenated alkanes) is 1. The number of rotatable bonds is 4. The van der Waals surface area contributed by atoms with Gasteiger partial charge in [-0.15, -0.1) is 0 Å². The average molecular weight is 230 g/mol. The Morgan fingerprint density at radius 1 is 1.50 bits per heavy atom. The molecule has 0 fully saturated rings. The maximum atomic E-state index is 5.39. The van der Waals surface area contributed by atoms with Crippen LogP contribution in [-0.4, -0.2) is 11.6 Å². The van der Waals surface area contributed by atoms with Crippen molar-refractivity contribution in [2.75, 3.05) is 6.61 Å². The highest BCUT2D eigenvalue weighted by Gasteiger charge is 1.94. The van der Waals surface area contributed by atoms with Gasteiger partial charge in [-0.1, -0.05) is 19.4 Å². The van der Waals surface area contributed by atoms with Crippen molar-refractivity contribution in [3.05, 3.63) is 22.8 Å². The van der Waals surface area contributed by atoms with Crippen LogP contribution in [0.5, 0.6) is 5.88 Å². The third-order valence-corrected chi connectivity index (χ3v) is 1.88. The molecular weight excluding hydrogens is 218 g/mol. The summed E-state index contributed by atoms with van der Waals surface area (Å²) in [7, 11) is 0. The first kappa shape index (κ1) is 9.52. The van der Waals surface area contributed by atoms with Crippen LogP contribution in [0, 0.1) is 0 Å². The Kier molecular flexibility index (Phi) is 4.08.